The number of nitrogens with one attached hydrogen (secondary N) is 1. The van der Waals surface area contributed by atoms with Crippen molar-refractivity contribution in [3.8, 4) is 17.2 Å². The third-order valence-corrected chi connectivity index (χ3v) is 6.43. The summed E-state index contributed by atoms with van der Waals surface area (Å²) in [6, 6.07) is 13.6. The summed E-state index contributed by atoms with van der Waals surface area (Å²) in [5, 5.41) is 9.48. The molecule has 1 aliphatic rings. The van der Waals surface area contributed by atoms with Crippen LogP contribution in [0.25, 0.3) is 28.2 Å². The lowest BCUT2D eigenvalue weighted by Crippen LogP contribution is -2.32. The van der Waals surface area contributed by atoms with Gasteiger partial charge in [0.15, 0.2) is 5.82 Å². The normalized spacial score (nSPS) is 17.9. The minimum atomic E-state index is -0.382. The van der Waals surface area contributed by atoms with Gasteiger partial charge in [-0.05, 0) is 49.2 Å². The van der Waals surface area contributed by atoms with Crippen LogP contribution in [-0.4, -0.2) is 34.3 Å². The van der Waals surface area contributed by atoms with Crippen LogP contribution in [0.1, 0.15) is 30.6 Å². The highest BCUT2D eigenvalue weighted by Crippen LogP contribution is 2.46. The molecule has 0 amide bonds. The topological polar surface area (TPSA) is 94.3 Å². The molecule has 8 nitrogen and oxygen atoms in total. The number of halogens is 2. The highest BCUT2D eigenvalue weighted by Gasteiger charge is 2.38. The Balaban J connectivity index is 1.39. The van der Waals surface area contributed by atoms with Crippen LogP contribution in [0.3, 0.4) is 0 Å². The maximum Gasteiger partial charge on any atom is 0.326 e. The van der Waals surface area contributed by atoms with Gasteiger partial charge in [0.05, 0.1) is 21.7 Å². The molecule has 33 heavy (non-hydrogen) atoms. The number of rotatable bonds is 4. The number of H-pyrrole nitrogens is 1. The molecule has 0 unspecified atom stereocenters. The monoisotopic (exact) mass is 461 g/mol. The van der Waals surface area contributed by atoms with Gasteiger partial charge in [0.1, 0.15) is 23.7 Å². The van der Waals surface area contributed by atoms with E-state index >= 15 is 0 Å². The zero-order chi connectivity index (χ0) is 22.5. The van der Waals surface area contributed by atoms with Crippen molar-refractivity contribution in [3.63, 3.8) is 0 Å². The summed E-state index contributed by atoms with van der Waals surface area (Å²) < 4.78 is 17.2. The first-order valence-corrected chi connectivity index (χ1v) is 10.8. The van der Waals surface area contributed by atoms with E-state index in [0.29, 0.717) is 40.4 Å². The van der Waals surface area contributed by atoms with E-state index in [1.807, 2.05) is 28.8 Å². The van der Waals surface area contributed by atoms with Crippen LogP contribution in [0.5, 0.6) is 0 Å². The molecule has 0 aliphatic heterocycles. The summed E-state index contributed by atoms with van der Waals surface area (Å²) in [7, 11) is 0. The van der Waals surface area contributed by atoms with E-state index in [-0.39, 0.29) is 23.5 Å². The second-order valence-electron chi connectivity index (χ2n) is 8.05. The first-order valence-electron chi connectivity index (χ1n) is 10.5. The fraction of sp³-hybridized carbons (Fsp3) is 0.174. The van der Waals surface area contributed by atoms with Gasteiger partial charge in [0, 0.05) is 18.2 Å². The van der Waals surface area contributed by atoms with Crippen molar-refractivity contribution < 1.29 is 4.39 Å². The molecule has 6 rings (SSSR count). The quantitative estimate of drug-likeness (QED) is 0.431. The molecular weight excluding hydrogens is 445 g/mol. The minimum Gasteiger partial charge on any atom is -0.305 e. The lowest BCUT2D eigenvalue weighted by molar-refractivity contribution is 0.254. The molecule has 1 fully saturated rings. The molecule has 1 saturated carbocycles. The lowest BCUT2D eigenvalue weighted by Gasteiger charge is -2.35. The van der Waals surface area contributed by atoms with Gasteiger partial charge in [-0.25, -0.2) is 19.2 Å². The lowest BCUT2D eigenvalue weighted by atomic mass is 9.79. The molecule has 1 N–H and O–H groups in total. The molecule has 0 radical (unpaired) electrons. The van der Waals surface area contributed by atoms with Gasteiger partial charge < -0.3 is 4.98 Å². The number of fused-ring (bicyclic) bond motifs is 1. The van der Waals surface area contributed by atoms with Crippen LogP contribution in [0.15, 0.2) is 65.8 Å². The van der Waals surface area contributed by atoms with E-state index in [0.717, 1.165) is 11.5 Å². The van der Waals surface area contributed by atoms with E-state index in [2.05, 4.69) is 25.1 Å². The van der Waals surface area contributed by atoms with Gasteiger partial charge in [0.25, 0.3) is 0 Å². The Labute approximate surface area is 191 Å². The average Bonchev–Trinajstić information content (AvgIpc) is 3.35. The van der Waals surface area contributed by atoms with Crippen LogP contribution in [0.4, 0.5) is 4.39 Å². The Kier molecular flexibility index (Phi) is 4.58. The molecule has 2 aromatic carbocycles. The molecule has 0 bridgehead atoms. The molecule has 0 spiro atoms. The summed E-state index contributed by atoms with van der Waals surface area (Å²) >= 11 is 6.53. The SMILES string of the molecule is O=c1[nH]c2cc(F)ccc2n1[C@H]1C[C@H](c2nnc(-c3ccncn3)n2-c2ccccc2Cl)C1. The standard InChI is InChI=1S/C23H17ClFN7O/c24-16-3-1-2-4-19(16)32-21(29-30-22(32)17-7-8-26-12-27-17)13-9-15(10-13)31-20-6-5-14(25)11-18(20)28-23(31)33/h1-8,11-13,15H,9-10H2,(H,28,33)/t13-,15-. The third kappa shape index (κ3) is 3.23. The second-order valence-corrected chi connectivity index (χ2v) is 8.45. The highest BCUT2D eigenvalue weighted by atomic mass is 35.5. The number of aromatic amines is 1. The molecule has 0 saturated heterocycles. The fourth-order valence-corrected chi connectivity index (χ4v) is 4.72. The van der Waals surface area contributed by atoms with Crippen LogP contribution in [0, 0.1) is 5.82 Å². The summed E-state index contributed by atoms with van der Waals surface area (Å²) in [6.07, 6.45) is 4.50. The molecule has 164 valence electrons. The Bertz CT molecular complexity index is 1540. The van der Waals surface area contributed by atoms with Gasteiger partial charge in [0.2, 0.25) is 0 Å². The van der Waals surface area contributed by atoms with E-state index in [4.69, 9.17) is 11.6 Å². The maximum atomic E-state index is 13.6. The molecule has 3 heterocycles. The summed E-state index contributed by atoms with van der Waals surface area (Å²) in [5.41, 5.74) is 2.34. The van der Waals surface area contributed by atoms with Gasteiger partial charge in [-0.3, -0.25) is 9.13 Å². The maximum absolute atomic E-state index is 13.6. The molecule has 1 aliphatic carbocycles. The molecule has 0 atom stereocenters. The molecule has 3 aromatic heterocycles. The van der Waals surface area contributed by atoms with E-state index in [1.54, 1.807) is 22.9 Å². The van der Waals surface area contributed by atoms with Gasteiger partial charge in [-0.15, -0.1) is 10.2 Å². The first-order chi connectivity index (χ1) is 16.1. The van der Waals surface area contributed by atoms with Crippen LogP contribution < -0.4 is 5.69 Å². The van der Waals surface area contributed by atoms with Gasteiger partial charge in [-0.1, -0.05) is 23.7 Å². The van der Waals surface area contributed by atoms with Crippen LogP contribution >= 0.6 is 11.6 Å². The van der Waals surface area contributed by atoms with E-state index in [1.165, 1.54) is 18.5 Å². The smallest absolute Gasteiger partial charge is 0.305 e. The van der Waals surface area contributed by atoms with Crippen molar-refractivity contribution in [2.24, 2.45) is 0 Å². The number of hydrogen-bond donors (Lipinski definition) is 1. The summed E-state index contributed by atoms with van der Waals surface area (Å²) in [5.74, 6) is 1.01. The van der Waals surface area contributed by atoms with Crippen LogP contribution in [0.2, 0.25) is 5.02 Å². The summed E-state index contributed by atoms with van der Waals surface area (Å²) in [4.78, 5) is 23.6. The Morgan fingerprint density at radius 3 is 2.73 bits per heavy atom. The molecular formula is C23H17ClFN7O. The minimum absolute atomic E-state index is 0.0272. The second kappa shape index (κ2) is 7.63. The summed E-state index contributed by atoms with van der Waals surface area (Å²) in [6.45, 7) is 0. The van der Waals surface area contributed by atoms with Crippen molar-refractivity contribution >= 4 is 22.6 Å². The molecule has 5 aromatic rings. The van der Waals surface area contributed by atoms with Crippen molar-refractivity contribution in [1.82, 2.24) is 34.3 Å². The van der Waals surface area contributed by atoms with E-state index < -0.39 is 0 Å². The largest absolute Gasteiger partial charge is 0.326 e. The number of hydrogen-bond acceptors (Lipinski definition) is 5. The number of nitrogens with zero attached hydrogens (tertiary/aromatic N) is 6. The van der Waals surface area contributed by atoms with Crippen molar-refractivity contribution in [3.05, 3.63) is 88.2 Å². The fourth-order valence-electron chi connectivity index (χ4n) is 4.50. The van der Waals surface area contributed by atoms with Crippen molar-refractivity contribution in [1.29, 1.82) is 0 Å². The predicted molar refractivity (Wildman–Crippen MR) is 121 cm³/mol. The number of para-hydroxylation sites is 1. The Morgan fingerprint density at radius 2 is 1.94 bits per heavy atom. The average molecular weight is 462 g/mol. The zero-order valence-electron chi connectivity index (χ0n) is 17.2. The van der Waals surface area contributed by atoms with E-state index in [9.17, 15) is 9.18 Å². The first kappa shape index (κ1) is 19.8. The molecule has 10 heteroatoms. The zero-order valence-corrected chi connectivity index (χ0v) is 17.9. The predicted octanol–water partition coefficient (Wildman–Crippen LogP) is 4.28. The van der Waals surface area contributed by atoms with Gasteiger partial charge >= 0.3 is 5.69 Å². The Hall–Kier alpha value is -3.85. The number of imidazole rings is 1. The highest BCUT2D eigenvalue weighted by molar-refractivity contribution is 6.32. The number of aromatic nitrogens is 7. The van der Waals surface area contributed by atoms with Crippen molar-refractivity contribution in [2.45, 2.75) is 24.8 Å². The third-order valence-electron chi connectivity index (χ3n) is 6.11. The van der Waals surface area contributed by atoms with Crippen molar-refractivity contribution in [2.75, 3.05) is 0 Å². The van der Waals surface area contributed by atoms with Gasteiger partial charge in [-0.2, -0.15) is 0 Å². The van der Waals surface area contributed by atoms with Crippen LogP contribution in [-0.2, 0) is 0 Å². The Morgan fingerprint density at radius 1 is 1.09 bits per heavy atom. The number of benzene rings is 2.